The minimum absolute atomic E-state index is 0.101. The number of halogens is 3. The summed E-state index contributed by atoms with van der Waals surface area (Å²) in [5.41, 5.74) is 1.27. The first-order valence-corrected chi connectivity index (χ1v) is 14.6. The molecule has 2 aliphatic rings. The van der Waals surface area contributed by atoms with Crippen molar-refractivity contribution in [1.82, 2.24) is 9.88 Å². The average Bonchev–Trinajstić information content (AvgIpc) is 3.66. The Morgan fingerprint density at radius 1 is 1.05 bits per heavy atom. The second-order valence-corrected chi connectivity index (χ2v) is 11.5. The Balaban J connectivity index is 1.21. The smallest absolute Gasteiger partial charge is 0.370 e. The fourth-order valence-electron chi connectivity index (χ4n) is 5.53. The van der Waals surface area contributed by atoms with E-state index in [0.29, 0.717) is 25.2 Å². The second-order valence-electron chi connectivity index (χ2n) is 10.6. The van der Waals surface area contributed by atoms with Crippen LogP contribution in [0.5, 0.6) is 0 Å². The summed E-state index contributed by atoms with van der Waals surface area (Å²) in [5.74, 6) is -0.342. The maximum Gasteiger partial charge on any atom is 0.416 e. The lowest BCUT2D eigenvalue weighted by atomic mass is 9.94. The summed E-state index contributed by atoms with van der Waals surface area (Å²) in [7, 11) is 0. The van der Waals surface area contributed by atoms with E-state index in [9.17, 15) is 22.8 Å². The highest BCUT2D eigenvalue weighted by atomic mass is 32.1. The molecule has 2 aromatic carbocycles. The van der Waals surface area contributed by atoms with Crippen molar-refractivity contribution >= 4 is 34.5 Å². The predicted molar refractivity (Wildman–Crippen MR) is 151 cm³/mol. The Bertz CT molecular complexity index is 1330. The van der Waals surface area contributed by atoms with E-state index in [1.807, 2.05) is 47.1 Å². The fourth-order valence-corrected chi connectivity index (χ4v) is 6.50. The normalized spacial score (nSPS) is 17.2. The predicted octanol–water partition coefficient (Wildman–Crippen LogP) is 6.60. The van der Waals surface area contributed by atoms with Gasteiger partial charge in [-0.1, -0.05) is 37.3 Å². The molecule has 1 aromatic heterocycles. The van der Waals surface area contributed by atoms with Crippen LogP contribution in [-0.2, 0) is 17.4 Å². The number of hydrogen-bond donors (Lipinski definition) is 1. The van der Waals surface area contributed by atoms with Gasteiger partial charge in [0, 0.05) is 43.4 Å². The number of nitrogens with one attached hydrogen (secondary N) is 1. The molecule has 212 valence electrons. The third-order valence-corrected chi connectivity index (χ3v) is 8.74. The van der Waals surface area contributed by atoms with Gasteiger partial charge in [-0.15, -0.1) is 11.3 Å². The zero-order valence-electron chi connectivity index (χ0n) is 22.4. The van der Waals surface area contributed by atoms with Crippen LogP contribution in [0.1, 0.15) is 65.1 Å². The van der Waals surface area contributed by atoms with Crippen LogP contribution in [0, 0.1) is 5.92 Å². The number of anilines is 2. The zero-order valence-corrected chi connectivity index (χ0v) is 23.2. The molecular weight excluding hydrogens is 537 g/mol. The zero-order chi connectivity index (χ0) is 28.3. The molecule has 0 aliphatic carbocycles. The molecule has 0 radical (unpaired) electrons. The van der Waals surface area contributed by atoms with Gasteiger partial charge in [0.2, 0.25) is 5.91 Å². The van der Waals surface area contributed by atoms with Gasteiger partial charge in [-0.05, 0) is 55.9 Å². The van der Waals surface area contributed by atoms with Crippen LogP contribution in [-0.4, -0.2) is 47.9 Å². The molecule has 6 nitrogen and oxygen atoms in total. The molecule has 2 amide bonds. The molecule has 2 saturated heterocycles. The van der Waals surface area contributed by atoms with Crippen molar-refractivity contribution in [2.75, 3.05) is 36.4 Å². The number of likely N-dealkylation sites (tertiary alicyclic amines) is 1. The molecule has 1 N–H and O–H groups in total. The maximum atomic E-state index is 13.4. The van der Waals surface area contributed by atoms with E-state index in [-0.39, 0.29) is 29.1 Å². The van der Waals surface area contributed by atoms with Gasteiger partial charge in [0.25, 0.3) is 5.91 Å². The Morgan fingerprint density at radius 3 is 2.42 bits per heavy atom. The van der Waals surface area contributed by atoms with Gasteiger partial charge >= 0.3 is 6.18 Å². The molecule has 40 heavy (non-hydrogen) atoms. The van der Waals surface area contributed by atoms with E-state index < -0.39 is 17.6 Å². The van der Waals surface area contributed by atoms with Gasteiger partial charge in [0.15, 0.2) is 0 Å². The summed E-state index contributed by atoms with van der Waals surface area (Å²) in [6.07, 6.45) is -0.376. The molecular formula is C30H33F3N4O2S. The van der Waals surface area contributed by atoms with E-state index >= 15 is 0 Å². The summed E-state index contributed by atoms with van der Waals surface area (Å²) in [4.78, 5) is 34.6. The highest BCUT2D eigenvalue weighted by Crippen LogP contribution is 2.37. The van der Waals surface area contributed by atoms with Crippen LogP contribution in [0.25, 0.3) is 0 Å². The topological polar surface area (TPSA) is 65.5 Å². The molecule has 2 aliphatic heterocycles. The van der Waals surface area contributed by atoms with Crippen LogP contribution in [0.2, 0.25) is 0 Å². The van der Waals surface area contributed by atoms with Crippen molar-refractivity contribution < 1.29 is 22.8 Å². The SMILES string of the molecule is CC(Cc1ccccc1)C(=O)N1CCC(c2nc(C(=O)Nc3cc(C(F)(F)F)ccc3N3CCCC3)cs2)CC1. The van der Waals surface area contributed by atoms with Gasteiger partial charge in [0.05, 0.1) is 21.9 Å². The first kappa shape index (κ1) is 28.1. The molecule has 5 rings (SSSR count). The summed E-state index contributed by atoms with van der Waals surface area (Å²) in [6.45, 7) is 4.70. The third kappa shape index (κ3) is 6.49. The number of hydrogen-bond acceptors (Lipinski definition) is 5. The monoisotopic (exact) mass is 570 g/mol. The highest BCUT2D eigenvalue weighted by Gasteiger charge is 2.32. The van der Waals surface area contributed by atoms with Crippen LogP contribution >= 0.6 is 11.3 Å². The molecule has 3 heterocycles. The van der Waals surface area contributed by atoms with E-state index in [1.54, 1.807) is 5.38 Å². The van der Waals surface area contributed by atoms with Gasteiger partial charge in [-0.3, -0.25) is 9.59 Å². The average molecular weight is 571 g/mol. The number of aromatic nitrogens is 1. The summed E-state index contributed by atoms with van der Waals surface area (Å²) >= 11 is 1.38. The fraction of sp³-hybridized carbons (Fsp3) is 0.433. The maximum absolute atomic E-state index is 13.4. The Hall–Kier alpha value is -3.40. The molecule has 1 unspecified atom stereocenters. The van der Waals surface area contributed by atoms with Crippen molar-refractivity contribution in [2.45, 2.75) is 51.1 Å². The number of nitrogens with zero attached hydrogens (tertiary/aromatic N) is 3. The van der Waals surface area contributed by atoms with Crippen LogP contribution in [0.3, 0.4) is 0 Å². The number of carbonyl (C=O) groups is 2. The lowest BCUT2D eigenvalue weighted by Gasteiger charge is -2.33. The van der Waals surface area contributed by atoms with Crippen molar-refractivity contribution in [1.29, 1.82) is 0 Å². The van der Waals surface area contributed by atoms with Crippen molar-refractivity contribution in [3.8, 4) is 0 Å². The van der Waals surface area contributed by atoms with E-state index in [1.165, 1.54) is 17.4 Å². The lowest BCUT2D eigenvalue weighted by Crippen LogP contribution is -2.41. The largest absolute Gasteiger partial charge is 0.416 e. The first-order valence-electron chi connectivity index (χ1n) is 13.7. The summed E-state index contributed by atoms with van der Waals surface area (Å²) in [6, 6.07) is 13.5. The second kappa shape index (κ2) is 12.0. The Kier molecular flexibility index (Phi) is 8.44. The molecule has 0 saturated carbocycles. The first-order chi connectivity index (χ1) is 19.2. The van der Waals surface area contributed by atoms with E-state index in [2.05, 4.69) is 10.3 Å². The lowest BCUT2D eigenvalue weighted by molar-refractivity contribution is -0.137. The van der Waals surface area contributed by atoms with E-state index in [0.717, 1.165) is 61.5 Å². The van der Waals surface area contributed by atoms with Crippen LogP contribution in [0.15, 0.2) is 53.9 Å². The number of amides is 2. The highest BCUT2D eigenvalue weighted by molar-refractivity contribution is 7.10. The number of benzene rings is 2. The summed E-state index contributed by atoms with van der Waals surface area (Å²) in [5, 5.41) is 5.18. The molecule has 0 spiro atoms. The molecule has 3 aromatic rings. The van der Waals surface area contributed by atoms with Crippen molar-refractivity contribution in [3.63, 3.8) is 0 Å². The van der Waals surface area contributed by atoms with Gasteiger partial charge in [-0.25, -0.2) is 4.98 Å². The minimum Gasteiger partial charge on any atom is -0.370 e. The number of alkyl halides is 3. The van der Waals surface area contributed by atoms with E-state index in [4.69, 9.17) is 0 Å². The Morgan fingerprint density at radius 2 is 1.75 bits per heavy atom. The Labute approximate surface area is 236 Å². The number of piperidine rings is 1. The van der Waals surface area contributed by atoms with Gasteiger partial charge in [-0.2, -0.15) is 13.2 Å². The quantitative estimate of drug-likeness (QED) is 0.348. The van der Waals surface area contributed by atoms with Gasteiger partial charge < -0.3 is 15.1 Å². The molecule has 1 atom stereocenters. The number of rotatable bonds is 7. The van der Waals surface area contributed by atoms with Crippen LogP contribution in [0.4, 0.5) is 24.5 Å². The third-order valence-electron chi connectivity index (χ3n) is 7.74. The molecule has 2 fully saturated rings. The molecule has 0 bridgehead atoms. The summed E-state index contributed by atoms with van der Waals surface area (Å²) < 4.78 is 40.2. The number of carbonyl (C=O) groups excluding carboxylic acids is 2. The van der Waals surface area contributed by atoms with Crippen molar-refractivity contribution in [3.05, 3.63) is 75.7 Å². The van der Waals surface area contributed by atoms with Gasteiger partial charge in [0.1, 0.15) is 5.69 Å². The minimum atomic E-state index is -4.51. The van der Waals surface area contributed by atoms with Crippen molar-refractivity contribution in [2.24, 2.45) is 5.92 Å². The van der Waals surface area contributed by atoms with Crippen LogP contribution < -0.4 is 10.2 Å². The standard InChI is InChI=1S/C30H33F3N4O2S/c1-20(17-21-7-3-2-4-8-21)29(39)37-15-11-22(12-16-37)28-35-25(19-40-28)27(38)34-24-18-23(30(31,32)33)9-10-26(24)36-13-5-6-14-36/h2-4,7-10,18-20,22H,5-6,11-17H2,1H3,(H,34,38). The molecule has 10 heteroatoms. The number of thiazole rings is 1.